The first kappa shape index (κ1) is 15.6. The second-order valence-corrected chi connectivity index (χ2v) is 6.90. The van der Waals surface area contributed by atoms with Crippen LogP contribution in [0.2, 0.25) is 0 Å². The minimum atomic E-state index is -3.58. The van der Waals surface area contributed by atoms with Crippen molar-refractivity contribution in [2.24, 2.45) is 0 Å². The molecule has 1 aromatic heterocycles. The van der Waals surface area contributed by atoms with Crippen LogP contribution in [0.3, 0.4) is 0 Å². The Morgan fingerprint density at radius 3 is 2.76 bits per heavy atom. The van der Waals surface area contributed by atoms with E-state index in [-0.39, 0.29) is 17.0 Å². The summed E-state index contributed by atoms with van der Waals surface area (Å²) in [5, 5.41) is 4.95. The highest BCUT2D eigenvalue weighted by molar-refractivity contribution is 7.89. The fraction of sp³-hybridized carbons (Fsp3) is 0.231. The lowest BCUT2D eigenvalue weighted by Gasteiger charge is -2.06. The van der Waals surface area contributed by atoms with Crippen LogP contribution in [0.4, 0.5) is 5.13 Å². The average molecular weight is 325 g/mol. The zero-order valence-corrected chi connectivity index (χ0v) is 13.2. The highest BCUT2D eigenvalue weighted by atomic mass is 32.2. The van der Waals surface area contributed by atoms with Crippen LogP contribution < -0.4 is 10.0 Å². The van der Waals surface area contributed by atoms with E-state index in [0.29, 0.717) is 5.13 Å². The van der Waals surface area contributed by atoms with E-state index in [0.717, 1.165) is 5.69 Å². The molecule has 6 nitrogen and oxygen atoms in total. The standard InChI is InChI=1S/C13H15N3O3S2/c1-3-14-21(18,19)11-6-4-5-10(7-11)12(17)16-13-15-9(2)8-20-13/h4-8,14H,3H2,1-2H3,(H,15,16,17). The smallest absolute Gasteiger partial charge is 0.257 e. The molecule has 21 heavy (non-hydrogen) atoms. The van der Waals surface area contributed by atoms with Crippen molar-refractivity contribution in [3.8, 4) is 0 Å². The summed E-state index contributed by atoms with van der Waals surface area (Å²) in [6, 6.07) is 5.88. The SMILES string of the molecule is CCNS(=O)(=O)c1cccc(C(=O)Nc2nc(C)cs2)c1. The van der Waals surface area contributed by atoms with Gasteiger partial charge in [0.1, 0.15) is 0 Å². The Balaban J connectivity index is 2.23. The predicted octanol–water partition coefficient (Wildman–Crippen LogP) is 2.00. The lowest BCUT2D eigenvalue weighted by molar-refractivity contribution is 0.102. The van der Waals surface area contributed by atoms with Gasteiger partial charge in [0.15, 0.2) is 5.13 Å². The first-order valence-corrected chi connectivity index (χ1v) is 8.62. The fourth-order valence-corrected chi connectivity index (χ4v) is 3.43. The highest BCUT2D eigenvalue weighted by Gasteiger charge is 2.15. The van der Waals surface area contributed by atoms with Gasteiger partial charge in [0.05, 0.1) is 10.6 Å². The molecular weight excluding hydrogens is 310 g/mol. The van der Waals surface area contributed by atoms with Gasteiger partial charge in [-0.15, -0.1) is 11.3 Å². The number of thiazole rings is 1. The summed E-state index contributed by atoms with van der Waals surface area (Å²) >= 11 is 1.32. The van der Waals surface area contributed by atoms with Crippen molar-refractivity contribution in [3.63, 3.8) is 0 Å². The number of nitrogens with zero attached hydrogens (tertiary/aromatic N) is 1. The minimum absolute atomic E-state index is 0.0623. The van der Waals surface area contributed by atoms with E-state index in [1.54, 1.807) is 13.0 Å². The molecule has 0 radical (unpaired) electrons. The molecule has 0 bridgehead atoms. The number of anilines is 1. The summed E-state index contributed by atoms with van der Waals surface area (Å²) in [5.41, 5.74) is 1.08. The zero-order chi connectivity index (χ0) is 15.5. The Morgan fingerprint density at radius 1 is 1.38 bits per heavy atom. The van der Waals surface area contributed by atoms with Crippen LogP contribution in [0.15, 0.2) is 34.5 Å². The second-order valence-electron chi connectivity index (χ2n) is 4.28. The molecule has 0 unspecified atom stereocenters. The summed E-state index contributed by atoms with van der Waals surface area (Å²) < 4.78 is 26.2. The van der Waals surface area contributed by atoms with Crippen molar-refractivity contribution < 1.29 is 13.2 Å². The number of sulfonamides is 1. The molecule has 0 aliphatic carbocycles. The third kappa shape index (κ3) is 3.87. The molecule has 112 valence electrons. The first-order valence-electron chi connectivity index (χ1n) is 6.25. The van der Waals surface area contributed by atoms with Crippen molar-refractivity contribution in [1.82, 2.24) is 9.71 Å². The topological polar surface area (TPSA) is 88.2 Å². The lowest BCUT2D eigenvalue weighted by Crippen LogP contribution is -2.23. The monoisotopic (exact) mass is 325 g/mol. The summed E-state index contributed by atoms with van der Waals surface area (Å²) in [6.45, 7) is 3.81. The van der Waals surface area contributed by atoms with Crippen molar-refractivity contribution in [3.05, 3.63) is 40.9 Å². The fourth-order valence-electron chi connectivity index (χ4n) is 1.66. The molecule has 1 heterocycles. The van der Waals surface area contributed by atoms with Gasteiger partial charge in [0, 0.05) is 17.5 Å². The van der Waals surface area contributed by atoms with Gasteiger partial charge in [-0.2, -0.15) is 0 Å². The average Bonchev–Trinajstić information content (AvgIpc) is 2.84. The molecular formula is C13H15N3O3S2. The molecule has 0 saturated carbocycles. The Morgan fingerprint density at radius 2 is 2.14 bits per heavy atom. The van der Waals surface area contributed by atoms with Gasteiger partial charge in [0.2, 0.25) is 10.0 Å². The van der Waals surface area contributed by atoms with E-state index < -0.39 is 15.9 Å². The quantitative estimate of drug-likeness (QED) is 0.880. The van der Waals surface area contributed by atoms with Gasteiger partial charge in [-0.1, -0.05) is 13.0 Å². The maximum Gasteiger partial charge on any atom is 0.257 e. The number of carbonyl (C=O) groups excluding carboxylic acids is 1. The predicted molar refractivity (Wildman–Crippen MR) is 82.1 cm³/mol. The maximum atomic E-state index is 12.1. The van der Waals surface area contributed by atoms with E-state index in [1.807, 2.05) is 12.3 Å². The Hall–Kier alpha value is -1.77. The van der Waals surface area contributed by atoms with E-state index in [9.17, 15) is 13.2 Å². The van der Waals surface area contributed by atoms with Crippen LogP contribution in [0, 0.1) is 6.92 Å². The summed E-state index contributed by atoms with van der Waals surface area (Å²) in [7, 11) is -3.58. The molecule has 2 rings (SSSR count). The Labute approximate surface area is 127 Å². The summed E-state index contributed by atoms with van der Waals surface area (Å²) in [5.74, 6) is -0.391. The molecule has 0 aliphatic rings. The number of aryl methyl sites for hydroxylation is 1. The van der Waals surface area contributed by atoms with Gasteiger partial charge in [-0.25, -0.2) is 18.1 Å². The third-order valence-electron chi connectivity index (χ3n) is 2.58. The molecule has 0 spiro atoms. The molecule has 0 fully saturated rings. The Kier molecular flexibility index (Phi) is 4.71. The molecule has 1 aromatic carbocycles. The highest BCUT2D eigenvalue weighted by Crippen LogP contribution is 2.17. The van der Waals surface area contributed by atoms with Gasteiger partial charge >= 0.3 is 0 Å². The summed E-state index contributed by atoms with van der Waals surface area (Å²) in [4.78, 5) is 16.3. The van der Waals surface area contributed by atoms with Crippen LogP contribution in [0.25, 0.3) is 0 Å². The lowest BCUT2D eigenvalue weighted by atomic mass is 10.2. The molecule has 1 amide bonds. The normalized spacial score (nSPS) is 11.3. The minimum Gasteiger partial charge on any atom is -0.298 e. The van der Waals surface area contributed by atoms with Gasteiger partial charge < -0.3 is 0 Å². The molecule has 8 heteroatoms. The summed E-state index contributed by atoms with van der Waals surface area (Å²) in [6.07, 6.45) is 0. The van der Waals surface area contributed by atoms with Crippen LogP contribution in [0.5, 0.6) is 0 Å². The zero-order valence-electron chi connectivity index (χ0n) is 11.6. The van der Waals surface area contributed by atoms with E-state index in [1.165, 1.54) is 29.5 Å². The molecule has 0 aliphatic heterocycles. The number of benzene rings is 1. The first-order chi connectivity index (χ1) is 9.92. The van der Waals surface area contributed by atoms with Crippen molar-refractivity contribution in [2.75, 3.05) is 11.9 Å². The number of hydrogen-bond donors (Lipinski definition) is 2. The van der Waals surface area contributed by atoms with Crippen LogP contribution in [-0.2, 0) is 10.0 Å². The second kappa shape index (κ2) is 6.33. The van der Waals surface area contributed by atoms with E-state index >= 15 is 0 Å². The van der Waals surface area contributed by atoms with Crippen LogP contribution in [0.1, 0.15) is 23.0 Å². The number of aromatic nitrogens is 1. The van der Waals surface area contributed by atoms with Crippen molar-refractivity contribution >= 4 is 32.4 Å². The van der Waals surface area contributed by atoms with E-state index in [2.05, 4.69) is 15.0 Å². The van der Waals surface area contributed by atoms with Crippen LogP contribution >= 0.6 is 11.3 Å². The molecule has 0 saturated heterocycles. The number of amides is 1. The molecule has 2 N–H and O–H groups in total. The Bertz CT molecular complexity index is 754. The van der Waals surface area contributed by atoms with Crippen molar-refractivity contribution in [1.29, 1.82) is 0 Å². The number of nitrogens with one attached hydrogen (secondary N) is 2. The van der Waals surface area contributed by atoms with Crippen molar-refractivity contribution in [2.45, 2.75) is 18.7 Å². The number of hydrogen-bond acceptors (Lipinski definition) is 5. The maximum absolute atomic E-state index is 12.1. The van der Waals surface area contributed by atoms with Gasteiger partial charge in [-0.3, -0.25) is 10.1 Å². The molecule has 2 aromatic rings. The third-order valence-corrected chi connectivity index (χ3v) is 5.00. The number of carbonyl (C=O) groups is 1. The van der Waals surface area contributed by atoms with Crippen LogP contribution in [-0.4, -0.2) is 25.9 Å². The molecule has 0 atom stereocenters. The largest absolute Gasteiger partial charge is 0.298 e. The number of rotatable bonds is 5. The van der Waals surface area contributed by atoms with Gasteiger partial charge in [0.25, 0.3) is 5.91 Å². The van der Waals surface area contributed by atoms with E-state index in [4.69, 9.17) is 0 Å². The van der Waals surface area contributed by atoms with Gasteiger partial charge in [-0.05, 0) is 25.1 Å².